The number of hydrogen-bond donors (Lipinski definition) is 0. The lowest BCUT2D eigenvalue weighted by atomic mass is 9.96. The zero-order chi connectivity index (χ0) is 26.1. The van der Waals surface area contributed by atoms with Crippen LogP contribution in [0.5, 0.6) is 0 Å². The van der Waals surface area contributed by atoms with Gasteiger partial charge in [-0.3, -0.25) is 0 Å². The summed E-state index contributed by atoms with van der Waals surface area (Å²) in [5.41, 5.74) is 4.34. The zero-order valence-electron chi connectivity index (χ0n) is 24.1. The summed E-state index contributed by atoms with van der Waals surface area (Å²) in [6.07, 6.45) is 21.1. The van der Waals surface area contributed by atoms with Crippen LogP contribution in [0.25, 0.3) is 0 Å². The maximum Gasteiger partial charge on any atom is 0.261 e. The van der Waals surface area contributed by atoms with Gasteiger partial charge in [0.2, 0.25) is 0 Å². The van der Waals surface area contributed by atoms with Gasteiger partial charge in [0.15, 0.2) is 0 Å². The summed E-state index contributed by atoms with van der Waals surface area (Å²) in [6, 6.07) is 22.1. The van der Waals surface area contributed by atoms with Crippen molar-refractivity contribution in [3.8, 4) is 0 Å². The first-order valence-electron chi connectivity index (χ1n) is 15.4. The number of rotatable bonds is 19. The molecule has 1 heterocycles. The third kappa shape index (κ3) is 10.1. The second kappa shape index (κ2) is 17.2. The molecule has 202 valence electrons. The van der Waals surface area contributed by atoms with Gasteiger partial charge in [-0.05, 0) is 36.3 Å². The normalized spacial score (nSPS) is 12.2. The summed E-state index contributed by atoms with van der Waals surface area (Å²) >= 11 is 0. The van der Waals surface area contributed by atoms with Crippen LogP contribution in [0.1, 0.15) is 126 Å². The van der Waals surface area contributed by atoms with E-state index in [1.807, 2.05) is 0 Å². The fraction of sp³-hybridized carbons (Fsp3) is 0.571. The summed E-state index contributed by atoms with van der Waals surface area (Å²) in [4.78, 5) is 0. The highest BCUT2D eigenvalue weighted by Gasteiger charge is 2.24. The average molecular weight is 502 g/mol. The zero-order valence-corrected chi connectivity index (χ0v) is 24.1. The van der Waals surface area contributed by atoms with Gasteiger partial charge in [0.1, 0.15) is 11.9 Å². The van der Waals surface area contributed by atoms with E-state index in [2.05, 4.69) is 96.8 Å². The van der Waals surface area contributed by atoms with Crippen LogP contribution in [-0.2, 0) is 25.9 Å². The van der Waals surface area contributed by atoms with E-state index >= 15 is 0 Å². The molecule has 1 atom stereocenters. The maximum absolute atomic E-state index is 2.64. The highest BCUT2D eigenvalue weighted by molar-refractivity contribution is 5.22. The van der Waals surface area contributed by atoms with Crippen molar-refractivity contribution in [3.05, 3.63) is 89.5 Å². The van der Waals surface area contributed by atoms with Gasteiger partial charge in [0.05, 0.1) is 19.5 Å². The molecule has 0 aliphatic carbocycles. The van der Waals surface area contributed by atoms with Gasteiger partial charge in [-0.2, -0.15) is 0 Å². The summed E-state index contributed by atoms with van der Waals surface area (Å²) < 4.78 is 5.24. The monoisotopic (exact) mass is 501 g/mol. The molecule has 2 heteroatoms. The second-order valence-corrected chi connectivity index (χ2v) is 11.1. The van der Waals surface area contributed by atoms with Crippen LogP contribution in [-0.4, -0.2) is 4.57 Å². The second-order valence-electron chi connectivity index (χ2n) is 11.1. The van der Waals surface area contributed by atoms with Crippen LogP contribution in [0.3, 0.4) is 0 Å². The van der Waals surface area contributed by atoms with E-state index in [1.54, 1.807) is 0 Å². The van der Waals surface area contributed by atoms with Crippen molar-refractivity contribution in [3.63, 3.8) is 0 Å². The van der Waals surface area contributed by atoms with Gasteiger partial charge in [0.25, 0.3) is 5.82 Å². The van der Waals surface area contributed by atoms with Gasteiger partial charge < -0.3 is 0 Å². The molecule has 3 rings (SSSR count). The Balaban J connectivity index is 1.61. The summed E-state index contributed by atoms with van der Waals surface area (Å²) in [7, 11) is 0. The Bertz CT molecular complexity index is 973. The molecule has 0 saturated heterocycles. The third-order valence-electron chi connectivity index (χ3n) is 7.83. The molecule has 0 fully saturated rings. The molecule has 37 heavy (non-hydrogen) atoms. The van der Waals surface area contributed by atoms with E-state index in [1.165, 1.54) is 99.7 Å². The first-order chi connectivity index (χ1) is 18.2. The van der Waals surface area contributed by atoms with Crippen LogP contribution in [0, 0.1) is 0 Å². The Morgan fingerprint density at radius 2 is 1.24 bits per heavy atom. The smallest absolute Gasteiger partial charge is 0.234 e. The van der Waals surface area contributed by atoms with E-state index in [0.29, 0.717) is 5.92 Å². The molecule has 2 nitrogen and oxygen atoms in total. The van der Waals surface area contributed by atoms with Crippen molar-refractivity contribution in [2.75, 3.05) is 0 Å². The topological polar surface area (TPSA) is 8.81 Å². The quantitative estimate of drug-likeness (QED) is 0.114. The SMILES string of the molecule is CCCCCCCCCCCCC[n+]1cc(CC(C)c2ccccc2)n(CCC)c1Cc1ccccc1. The molecule has 3 aromatic rings. The molecule has 2 aromatic carbocycles. The maximum atomic E-state index is 2.64. The predicted octanol–water partition coefficient (Wildman–Crippen LogP) is 9.43. The van der Waals surface area contributed by atoms with E-state index in [9.17, 15) is 0 Å². The molecule has 0 aliphatic rings. The molecule has 1 unspecified atom stereocenters. The molecular formula is C35H53N2+. The molecule has 0 spiro atoms. The summed E-state index contributed by atoms with van der Waals surface area (Å²) in [6.45, 7) is 9.23. The van der Waals surface area contributed by atoms with E-state index in [-0.39, 0.29) is 0 Å². The largest absolute Gasteiger partial charge is 0.261 e. The van der Waals surface area contributed by atoms with Gasteiger partial charge in [-0.1, -0.05) is 139 Å². The van der Waals surface area contributed by atoms with Crippen LogP contribution in [0.2, 0.25) is 0 Å². The van der Waals surface area contributed by atoms with Gasteiger partial charge in [0, 0.05) is 6.42 Å². The third-order valence-corrected chi connectivity index (χ3v) is 7.83. The van der Waals surface area contributed by atoms with Gasteiger partial charge >= 0.3 is 0 Å². The van der Waals surface area contributed by atoms with Crippen LogP contribution in [0.15, 0.2) is 66.9 Å². The molecule has 0 N–H and O–H groups in total. The van der Waals surface area contributed by atoms with Crippen LogP contribution < -0.4 is 4.57 Å². The average Bonchev–Trinajstić information content (AvgIpc) is 3.23. The molecule has 0 amide bonds. The standard InChI is InChI=1S/C35H53N2/c1-4-6-7-8-9-10-11-12-13-14-21-27-36-30-34(28-31(3)33-24-19-16-20-25-33)37(26-5-2)35(36)29-32-22-17-15-18-23-32/h15-20,22-25,30-31H,4-14,21,26-29H2,1-3H3/q+1. The molecule has 0 bridgehead atoms. The Morgan fingerprint density at radius 3 is 1.84 bits per heavy atom. The minimum Gasteiger partial charge on any atom is -0.234 e. The fourth-order valence-electron chi connectivity index (χ4n) is 5.63. The number of hydrogen-bond acceptors (Lipinski definition) is 0. The minimum atomic E-state index is 0.520. The van der Waals surface area contributed by atoms with E-state index < -0.39 is 0 Å². The lowest BCUT2D eigenvalue weighted by Crippen LogP contribution is -2.37. The lowest BCUT2D eigenvalue weighted by Gasteiger charge is -2.11. The summed E-state index contributed by atoms with van der Waals surface area (Å²) in [5.74, 6) is 2.00. The summed E-state index contributed by atoms with van der Waals surface area (Å²) in [5, 5.41) is 0. The van der Waals surface area contributed by atoms with E-state index in [4.69, 9.17) is 0 Å². The Hall–Kier alpha value is -2.35. The highest BCUT2D eigenvalue weighted by Crippen LogP contribution is 2.22. The van der Waals surface area contributed by atoms with E-state index in [0.717, 1.165) is 25.9 Å². The van der Waals surface area contributed by atoms with Crippen molar-refractivity contribution in [1.29, 1.82) is 0 Å². The van der Waals surface area contributed by atoms with Crippen LogP contribution in [0.4, 0.5) is 0 Å². The van der Waals surface area contributed by atoms with Crippen molar-refractivity contribution < 1.29 is 4.57 Å². The number of aryl methyl sites for hydroxylation is 1. The lowest BCUT2D eigenvalue weighted by molar-refractivity contribution is -0.704. The first kappa shape index (κ1) is 29.2. The van der Waals surface area contributed by atoms with Gasteiger partial charge in [-0.15, -0.1) is 0 Å². The highest BCUT2D eigenvalue weighted by atomic mass is 15.2. The number of unbranched alkanes of at least 4 members (excludes halogenated alkanes) is 10. The Labute approximate surface area is 228 Å². The molecule has 0 radical (unpaired) electrons. The number of aromatic nitrogens is 2. The van der Waals surface area contributed by atoms with Crippen molar-refractivity contribution >= 4 is 0 Å². The first-order valence-corrected chi connectivity index (χ1v) is 15.4. The fourth-order valence-corrected chi connectivity index (χ4v) is 5.63. The number of nitrogens with zero attached hydrogens (tertiary/aromatic N) is 2. The Morgan fingerprint density at radius 1 is 0.676 bits per heavy atom. The van der Waals surface area contributed by atoms with Crippen molar-refractivity contribution in [1.82, 2.24) is 4.57 Å². The molecule has 0 aliphatic heterocycles. The van der Waals surface area contributed by atoms with Crippen LogP contribution >= 0.6 is 0 Å². The Kier molecular flexibility index (Phi) is 13.6. The molecular weight excluding hydrogens is 448 g/mol. The number of benzene rings is 2. The molecule has 0 saturated carbocycles. The minimum absolute atomic E-state index is 0.520. The number of imidazole rings is 1. The molecule has 1 aromatic heterocycles. The van der Waals surface area contributed by atoms with Gasteiger partial charge in [-0.25, -0.2) is 9.13 Å². The van der Waals surface area contributed by atoms with Crippen molar-refractivity contribution in [2.24, 2.45) is 0 Å². The predicted molar refractivity (Wildman–Crippen MR) is 159 cm³/mol. The van der Waals surface area contributed by atoms with Crippen molar-refractivity contribution in [2.45, 2.75) is 130 Å².